The van der Waals surface area contributed by atoms with Gasteiger partial charge in [0.05, 0.1) is 12.1 Å². The average molecular weight is 535 g/mol. The number of alkyl carbamates (subject to hydrolysis) is 1. The standard InChI is InChI=1S/C32H42N2O5/c1-21(2)18-28-26(20-33-31(37)39-32(4,5)6)30(23-13-11-22(3)12-14-23)25-19-24(15-16-27(25)34-28)38-17-9-7-8-10-29(35)36/h11-16,19,21H,7-10,17-18,20H2,1-6H3,(H,33,37)(H,35,36). The molecule has 2 aromatic carbocycles. The van der Waals surface area contributed by atoms with E-state index in [4.69, 9.17) is 19.6 Å². The summed E-state index contributed by atoms with van der Waals surface area (Å²) in [6, 6.07) is 14.3. The van der Waals surface area contributed by atoms with Crippen LogP contribution in [0.2, 0.25) is 0 Å². The Bertz CT molecular complexity index is 1280. The lowest BCUT2D eigenvalue weighted by molar-refractivity contribution is -0.137. The summed E-state index contributed by atoms with van der Waals surface area (Å²) in [6.45, 7) is 12.7. The summed E-state index contributed by atoms with van der Waals surface area (Å²) in [4.78, 5) is 28.4. The molecule has 3 rings (SSSR count). The molecule has 210 valence electrons. The van der Waals surface area contributed by atoms with Crippen LogP contribution in [0.25, 0.3) is 22.0 Å². The van der Waals surface area contributed by atoms with Gasteiger partial charge in [-0.05, 0) is 88.6 Å². The summed E-state index contributed by atoms with van der Waals surface area (Å²) in [6.07, 6.45) is 2.72. The third-order valence-corrected chi connectivity index (χ3v) is 6.20. The van der Waals surface area contributed by atoms with Gasteiger partial charge in [-0.3, -0.25) is 9.78 Å². The van der Waals surface area contributed by atoms with Crippen LogP contribution >= 0.6 is 0 Å². The van der Waals surface area contributed by atoms with Crippen LogP contribution in [-0.2, 0) is 22.5 Å². The number of aliphatic carboxylic acids is 1. The first-order chi connectivity index (χ1) is 18.4. The van der Waals surface area contributed by atoms with Gasteiger partial charge < -0.3 is 19.9 Å². The van der Waals surface area contributed by atoms with Gasteiger partial charge in [0.1, 0.15) is 11.4 Å². The molecule has 2 N–H and O–H groups in total. The minimum Gasteiger partial charge on any atom is -0.494 e. The van der Waals surface area contributed by atoms with Gasteiger partial charge in [-0.1, -0.05) is 43.7 Å². The zero-order chi connectivity index (χ0) is 28.6. The molecule has 0 bridgehead atoms. The highest BCUT2D eigenvalue weighted by Crippen LogP contribution is 2.36. The van der Waals surface area contributed by atoms with Gasteiger partial charge in [0.15, 0.2) is 0 Å². The second kappa shape index (κ2) is 13.5. The van der Waals surface area contributed by atoms with E-state index in [1.807, 2.05) is 39.0 Å². The normalized spacial score (nSPS) is 11.6. The first-order valence-electron chi connectivity index (χ1n) is 13.8. The van der Waals surface area contributed by atoms with Gasteiger partial charge >= 0.3 is 12.1 Å². The van der Waals surface area contributed by atoms with Crippen LogP contribution in [0.4, 0.5) is 4.79 Å². The number of hydrogen-bond donors (Lipinski definition) is 2. The van der Waals surface area contributed by atoms with E-state index in [2.05, 4.69) is 50.4 Å². The number of carbonyl (C=O) groups excluding carboxylic acids is 1. The first kappa shape index (κ1) is 29.9. The topological polar surface area (TPSA) is 97.8 Å². The van der Waals surface area contributed by atoms with Crippen molar-refractivity contribution in [1.29, 1.82) is 0 Å². The molecule has 7 nitrogen and oxygen atoms in total. The van der Waals surface area contributed by atoms with Gasteiger partial charge in [0.2, 0.25) is 0 Å². The fourth-order valence-corrected chi connectivity index (χ4v) is 4.44. The number of pyridine rings is 1. The van der Waals surface area contributed by atoms with Crippen LogP contribution in [0, 0.1) is 12.8 Å². The summed E-state index contributed by atoms with van der Waals surface area (Å²) in [5.74, 6) is 0.346. The Hall–Kier alpha value is -3.61. The van der Waals surface area contributed by atoms with Crippen molar-refractivity contribution in [2.75, 3.05) is 6.61 Å². The lowest BCUT2D eigenvalue weighted by Crippen LogP contribution is -2.32. The number of nitrogens with one attached hydrogen (secondary N) is 1. The third kappa shape index (κ3) is 9.27. The maximum atomic E-state index is 12.6. The van der Waals surface area contributed by atoms with Crippen LogP contribution in [0.15, 0.2) is 42.5 Å². The molecule has 0 saturated heterocycles. The lowest BCUT2D eigenvalue weighted by atomic mass is 9.91. The van der Waals surface area contributed by atoms with Crippen molar-refractivity contribution < 1.29 is 24.2 Å². The number of aromatic nitrogens is 1. The second-order valence-corrected chi connectivity index (χ2v) is 11.5. The maximum absolute atomic E-state index is 12.6. The lowest BCUT2D eigenvalue weighted by Gasteiger charge is -2.22. The molecule has 7 heteroatoms. The first-order valence-corrected chi connectivity index (χ1v) is 13.8. The molecule has 0 unspecified atom stereocenters. The van der Waals surface area contributed by atoms with E-state index >= 15 is 0 Å². The van der Waals surface area contributed by atoms with Gasteiger partial charge in [-0.15, -0.1) is 0 Å². The van der Waals surface area contributed by atoms with Crippen LogP contribution in [0.3, 0.4) is 0 Å². The molecule has 39 heavy (non-hydrogen) atoms. The number of carboxylic acids is 1. The summed E-state index contributed by atoms with van der Waals surface area (Å²) < 4.78 is 11.6. The number of hydrogen-bond acceptors (Lipinski definition) is 5. The number of amides is 1. The minimum absolute atomic E-state index is 0.181. The Morgan fingerprint density at radius 1 is 1.03 bits per heavy atom. The highest BCUT2D eigenvalue weighted by molar-refractivity contribution is 5.97. The number of ether oxygens (including phenoxy) is 2. The highest BCUT2D eigenvalue weighted by Gasteiger charge is 2.21. The van der Waals surface area contributed by atoms with Gasteiger partial charge in [0, 0.05) is 29.6 Å². The Morgan fingerprint density at radius 2 is 1.74 bits per heavy atom. The van der Waals surface area contributed by atoms with Crippen molar-refractivity contribution in [2.45, 2.75) is 85.8 Å². The molecular formula is C32H42N2O5. The minimum atomic E-state index is -0.768. The fourth-order valence-electron chi connectivity index (χ4n) is 4.44. The van der Waals surface area contributed by atoms with E-state index in [-0.39, 0.29) is 13.0 Å². The molecule has 0 fully saturated rings. The van der Waals surface area contributed by atoms with Crippen molar-refractivity contribution in [3.63, 3.8) is 0 Å². The van der Waals surface area contributed by atoms with E-state index in [9.17, 15) is 9.59 Å². The summed E-state index contributed by atoms with van der Waals surface area (Å²) in [5, 5.41) is 12.7. The largest absolute Gasteiger partial charge is 0.494 e. The Labute approximate surface area is 231 Å². The quantitative estimate of drug-likeness (QED) is 0.234. The Kier molecular flexibility index (Phi) is 10.3. The van der Waals surface area contributed by atoms with Crippen molar-refractivity contribution in [3.8, 4) is 16.9 Å². The van der Waals surface area contributed by atoms with E-state index in [1.54, 1.807) is 0 Å². The van der Waals surface area contributed by atoms with E-state index in [0.29, 0.717) is 18.9 Å². The Morgan fingerprint density at radius 3 is 2.38 bits per heavy atom. The maximum Gasteiger partial charge on any atom is 0.407 e. The van der Waals surface area contributed by atoms with Crippen LogP contribution in [0.5, 0.6) is 5.75 Å². The molecule has 0 aliphatic heterocycles. The van der Waals surface area contributed by atoms with Crippen LogP contribution < -0.4 is 10.1 Å². The van der Waals surface area contributed by atoms with Crippen LogP contribution in [-0.4, -0.2) is 34.4 Å². The van der Waals surface area contributed by atoms with E-state index in [1.165, 1.54) is 5.56 Å². The zero-order valence-corrected chi connectivity index (χ0v) is 24.1. The second-order valence-electron chi connectivity index (χ2n) is 11.5. The van der Waals surface area contributed by atoms with Crippen molar-refractivity contribution in [3.05, 3.63) is 59.3 Å². The zero-order valence-electron chi connectivity index (χ0n) is 24.1. The highest BCUT2D eigenvalue weighted by atomic mass is 16.6. The number of carboxylic acid groups (broad SMARTS) is 1. The number of benzene rings is 2. The van der Waals surface area contributed by atoms with Crippen molar-refractivity contribution >= 4 is 23.0 Å². The average Bonchev–Trinajstić information content (AvgIpc) is 2.83. The number of unbranched alkanes of at least 4 members (excludes halogenated alkanes) is 2. The number of aryl methyl sites for hydroxylation is 1. The predicted molar refractivity (Wildman–Crippen MR) is 155 cm³/mol. The number of nitrogens with zero attached hydrogens (tertiary/aromatic N) is 1. The molecule has 1 aromatic heterocycles. The van der Waals surface area contributed by atoms with Gasteiger partial charge in [-0.25, -0.2) is 4.79 Å². The molecule has 1 amide bonds. The smallest absolute Gasteiger partial charge is 0.407 e. The van der Waals surface area contributed by atoms with Gasteiger partial charge in [0.25, 0.3) is 0 Å². The molecule has 0 aliphatic rings. The van der Waals surface area contributed by atoms with E-state index in [0.717, 1.165) is 58.3 Å². The predicted octanol–water partition coefficient (Wildman–Crippen LogP) is 7.46. The van der Waals surface area contributed by atoms with Gasteiger partial charge in [-0.2, -0.15) is 0 Å². The molecule has 1 heterocycles. The molecule has 0 aliphatic carbocycles. The summed E-state index contributed by atoms with van der Waals surface area (Å²) in [7, 11) is 0. The van der Waals surface area contributed by atoms with Crippen molar-refractivity contribution in [2.24, 2.45) is 5.92 Å². The number of fused-ring (bicyclic) bond motifs is 1. The summed E-state index contributed by atoms with van der Waals surface area (Å²) >= 11 is 0. The fraction of sp³-hybridized carbons (Fsp3) is 0.469. The molecule has 0 radical (unpaired) electrons. The summed E-state index contributed by atoms with van der Waals surface area (Å²) in [5.41, 5.74) is 5.44. The molecule has 0 atom stereocenters. The number of rotatable bonds is 12. The van der Waals surface area contributed by atoms with E-state index < -0.39 is 17.7 Å². The SMILES string of the molecule is Cc1ccc(-c2c(CNC(=O)OC(C)(C)C)c(CC(C)C)nc3ccc(OCCCCCC(=O)O)cc23)cc1. The molecular weight excluding hydrogens is 492 g/mol. The van der Waals surface area contributed by atoms with Crippen molar-refractivity contribution in [1.82, 2.24) is 10.3 Å². The molecule has 0 spiro atoms. The third-order valence-electron chi connectivity index (χ3n) is 6.20. The Balaban J connectivity index is 2.02. The molecule has 3 aromatic rings. The molecule has 0 saturated carbocycles. The van der Waals surface area contributed by atoms with Crippen LogP contribution in [0.1, 0.15) is 77.1 Å². The monoisotopic (exact) mass is 534 g/mol. The number of carbonyl (C=O) groups is 2.